The van der Waals surface area contributed by atoms with Gasteiger partial charge in [0.25, 0.3) is 0 Å². The smallest absolute Gasteiger partial charge is 0.131 e. The summed E-state index contributed by atoms with van der Waals surface area (Å²) in [5.74, 6) is 3.25. The highest BCUT2D eigenvalue weighted by Gasteiger charge is 2.30. The minimum atomic E-state index is -0.284. The van der Waals surface area contributed by atoms with Crippen LogP contribution in [0.25, 0.3) is 44.5 Å². The number of hydrogen-bond donors (Lipinski definition) is 2. The molecule has 4 aliphatic rings. The lowest BCUT2D eigenvalue weighted by Crippen LogP contribution is -2.33. The molecule has 2 N–H and O–H groups in total. The SMILES string of the molecule is COc1ccc(OC(C)C(C)[C@H](C)Oc2ccc(OC)cc2-c2cc(C)cc(-c3c4c(cc5c3CCCC5)CCCC4)c2O)c(-c2cc(C)cc(-c3c4c(cc5c3CCCC5)CCCC4)c2O)c1. The second kappa shape index (κ2) is 19.3. The zero-order valence-corrected chi connectivity index (χ0v) is 41.5. The van der Waals surface area contributed by atoms with Crippen molar-refractivity contribution in [2.75, 3.05) is 14.2 Å². The van der Waals surface area contributed by atoms with Crippen molar-refractivity contribution in [2.45, 2.75) is 150 Å². The molecular weight excluding hydrogens is 841 g/mol. The predicted octanol–water partition coefficient (Wildman–Crippen LogP) is 14.8. The van der Waals surface area contributed by atoms with Crippen LogP contribution in [0.3, 0.4) is 0 Å². The van der Waals surface area contributed by atoms with Crippen molar-refractivity contribution in [2.24, 2.45) is 5.92 Å². The fraction of sp³-hybridized carbons (Fsp3) is 0.419. The van der Waals surface area contributed by atoms with E-state index in [1.54, 1.807) is 14.2 Å². The average molecular weight is 911 g/mol. The van der Waals surface area contributed by atoms with Crippen molar-refractivity contribution in [3.63, 3.8) is 0 Å². The fourth-order valence-corrected chi connectivity index (χ4v) is 12.2. The maximum absolute atomic E-state index is 12.5. The summed E-state index contributed by atoms with van der Waals surface area (Å²) in [6.07, 6.45) is 17.6. The quantitative estimate of drug-likeness (QED) is 0.127. The van der Waals surface area contributed by atoms with Crippen LogP contribution >= 0.6 is 0 Å². The third-order valence-corrected chi connectivity index (χ3v) is 16.1. The largest absolute Gasteiger partial charge is 0.507 e. The Kier molecular flexibility index (Phi) is 13.0. The highest BCUT2D eigenvalue weighted by atomic mass is 16.5. The zero-order valence-electron chi connectivity index (χ0n) is 41.5. The molecule has 0 aliphatic heterocycles. The molecule has 3 atom stereocenters. The first-order chi connectivity index (χ1) is 33.0. The topological polar surface area (TPSA) is 77.4 Å². The first-order valence-electron chi connectivity index (χ1n) is 25.7. The van der Waals surface area contributed by atoms with E-state index < -0.39 is 0 Å². The minimum Gasteiger partial charge on any atom is -0.507 e. The van der Waals surface area contributed by atoms with E-state index in [0.29, 0.717) is 34.5 Å². The van der Waals surface area contributed by atoms with Gasteiger partial charge in [0.15, 0.2) is 0 Å². The molecule has 0 spiro atoms. The van der Waals surface area contributed by atoms with E-state index in [1.807, 2.05) is 36.4 Å². The van der Waals surface area contributed by atoms with Crippen LogP contribution in [-0.4, -0.2) is 36.6 Å². The van der Waals surface area contributed by atoms with Gasteiger partial charge in [-0.05, 0) is 258 Å². The van der Waals surface area contributed by atoms with Gasteiger partial charge in [-0.2, -0.15) is 0 Å². The summed E-state index contributed by atoms with van der Waals surface area (Å²) in [7, 11) is 3.36. The van der Waals surface area contributed by atoms with E-state index in [4.69, 9.17) is 18.9 Å². The molecule has 6 aromatic rings. The minimum absolute atomic E-state index is 0.0760. The molecule has 68 heavy (non-hydrogen) atoms. The van der Waals surface area contributed by atoms with Crippen molar-refractivity contribution in [1.82, 2.24) is 0 Å². The van der Waals surface area contributed by atoms with Crippen LogP contribution in [0.1, 0.15) is 128 Å². The van der Waals surface area contributed by atoms with Gasteiger partial charge in [-0.3, -0.25) is 0 Å². The van der Waals surface area contributed by atoms with Crippen molar-refractivity contribution < 1.29 is 29.2 Å². The lowest BCUT2D eigenvalue weighted by Gasteiger charge is -2.30. The third kappa shape index (κ3) is 8.62. The molecule has 0 saturated heterocycles. The second-order valence-corrected chi connectivity index (χ2v) is 20.5. The number of rotatable bonds is 12. The van der Waals surface area contributed by atoms with E-state index in [-0.39, 0.29) is 18.1 Å². The van der Waals surface area contributed by atoms with Crippen LogP contribution in [0.2, 0.25) is 0 Å². The molecule has 4 aliphatic carbocycles. The Bertz CT molecular complexity index is 2620. The molecule has 0 saturated carbocycles. The first kappa shape index (κ1) is 45.9. The van der Waals surface area contributed by atoms with Gasteiger partial charge in [-0.25, -0.2) is 0 Å². The Hall–Kier alpha value is -5.88. The molecule has 0 amide bonds. The van der Waals surface area contributed by atoms with Gasteiger partial charge >= 0.3 is 0 Å². The van der Waals surface area contributed by atoms with Crippen LogP contribution in [0, 0.1) is 19.8 Å². The van der Waals surface area contributed by atoms with Crippen LogP contribution in [0.4, 0.5) is 0 Å². The summed E-state index contributed by atoms with van der Waals surface area (Å²) in [5.41, 5.74) is 21.2. The van der Waals surface area contributed by atoms with E-state index >= 15 is 0 Å². The highest BCUT2D eigenvalue weighted by Crippen LogP contribution is 2.51. The number of fused-ring (bicyclic) bond motifs is 4. The Balaban J connectivity index is 0.974. The highest BCUT2D eigenvalue weighted by molar-refractivity contribution is 5.90. The number of phenols is 2. The number of hydrogen-bond acceptors (Lipinski definition) is 6. The molecule has 2 unspecified atom stereocenters. The molecule has 6 aromatic carbocycles. The first-order valence-corrected chi connectivity index (χ1v) is 25.7. The van der Waals surface area contributed by atoms with Crippen molar-refractivity contribution in [1.29, 1.82) is 0 Å². The molecule has 354 valence electrons. The zero-order chi connectivity index (χ0) is 47.2. The number of benzene rings is 6. The molecule has 0 radical (unpaired) electrons. The maximum Gasteiger partial charge on any atom is 0.131 e. The van der Waals surface area contributed by atoms with Crippen LogP contribution < -0.4 is 18.9 Å². The number of methoxy groups -OCH3 is 2. The van der Waals surface area contributed by atoms with Crippen molar-refractivity contribution in [3.05, 3.63) is 128 Å². The lowest BCUT2D eigenvalue weighted by molar-refractivity contribution is 0.0705. The van der Waals surface area contributed by atoms with Gasteiger partial charge in [0.1, 0.15) is 46.7 Å². The lowest BCUT2D eigenvalue weighted by atomic mass is 9.76. The van der Waals surface area contributed by atoms with Crippen LogP contribution in [0.5, 0.6) is 34.5 Å². The van der Waals surface area contributed by atoms with E-state index in [1.165, 1.54) is 107 Å². The van der Waals surface area contributed by atoms with Gasteiger partial charge < -0.3 is 29.2 Å². The average Bonchev–Trinajstić information content (AvgIpc) is 3.36. The van der Waals surface area contributed by atoms with Gasteiger partial charge in [-0.15, -0.1) is 0 Å². The van der Waals surface area contributed by atoms with Gasteiger partial charge in [0.05, 0.1) is 14.2 Å². The van der Waals surface area contributed by atoms with E-state index in [2.05, 4.69) is 71.0 Å². The number of aryl methyl sites for hydroxylation is 6. The molecule has 0 bridgehead atoms. The molecular formula is C62H70O6. The molecule has 0 fully saturated rings. The van der Waals surface area contributed by atoms with Crippen molar-refractivity contribution in [3.8, 4) is 79.0 Å². The van der Waals surface area contributed by atoms with Crippen LogP contribution in [-0.2, 0) is 51.4 Å². The second-order valence-electron chi connectivity index (χ2n) is 20.5. The van der Waals surface area contributed by atoms with Gasteiger partial charge in [-0.1, -0.05) is 19.1 Å². The van der Waals surface area contributed by atoms with Crippen LogP contribution in [0.15, 0.2) is 72.8 Å². The van der Waals surface area contributed by atoms with E-state index in [0.717, 1.165) is 95.9 Å². The summed E-state index contributed by atoms with van der Waals surface area (Å²) >= 11 is 0. The Morgan fingerprint density at radius 1 is 0.397 bits per heavy atom. The van der Waals surface area contributed by atoms with Crippen molar-refractivity contribution >= 4 is 0 Å². The van der Waals surface area contributed by atoms with Gasteiger partial charge in [0.2, 0.25) is 0 Å². The summed E-state index contributed by atoms with van der Waals surface area (Å²) in [5, 5.41) is 25.1. The molecule has 0 heterocycles. The number of aromatic hydroxyl groups is 2. The Labute approximate surface area is 404 Å². The standard InChI is InChI=1S/C62H70O6/c1-36-28-53(61(63)55(30-36)59-47-20-12-8-16-41(47)32-42-17-9-13-21-48(42)59)51-34-45(65-6)24-26-57(51)67-39(4)38(3)40(5)68-58-27-25-46(66-7)35-52(58)54-29-37(2)31-56(62(54)64)60-49-22-14-10-18-43(49)33-44-19-11-15-23-50(44)60/h24-35,38-40,63-64H,8-23H2,1-7H3/t38?,39-,40?/m0/s1. The fourth-order valence-electron chi connectivity index (χ4n) is 12.2. The third-order valence-electron chi connectivity index (χ3n) is 16.1. The Morgan fingerprint density at radius 2 is 0.721 bits per heavy atom. The summed E-state index contributed by atoms with van der Waals surface area (Å²) in [6.45, 7) is 10.6. The summed E-state index contributed by atoms with van der Waals surface area (Å²) in [4.78, 5) is 0. The van der Waals surface area contributed by atoms with E-state index in [9.17, 15) is 10.2 Å². The normalized spacial score (nSPS) is 16.6. The summed E-state index contributed by atoms with van der Waals surface area (Å²) < 4.78 is 25.6. The van der Waals surface area contributed by atoms with Gasteiger partial charge in [0, 0.05) is 39.3 Å². The summed E-state index contributed by atoms with van der Waals surface area (Å²) in [6, 6.07) is 25.3. The number of ether oxygens (including phenoxy) is 4. The molecule has 10 rings (SSSR count). The maximum atomic E-state index is 12.5. The molecule has 0 aromatic heterocycles. The Morgan fingerprint density at radius 3 is 1.06 bits per heavy atom. The number of phenolic OH excluding ortho intramolecular Hbond substituents is 2. The monoisotopic (exact) mass is 911 g/mol. The predicted molar refractivity (Wildman–Crippen MR) is 276 cm³/mol. The molecule has 6 heteroatoms. The molecule has 6 nitrogen and oxygen atoms in total.